The van der Waals surface area contributed by atoms with E-state index >= 15 is 0 Å². The third-order valence-corrected chi connectivity index (χ3v) is 2.08. The Labute approximate surface area is 96.0 Å². The number of nitrogens with one attached hydrogen (secondary N) is 1. The van der Waals surface area contributed by atoms with Crippen molar-refractivity contribution in [1.82, 2.24) is 5.32 Å². The molecule has 0 aliphatic heterocycles. The molecule has 0 heterocycles. The molecular formula is C13H16N2O. The fraction of sp³-hybridized carbons (Fsp3) is 0.308. The summed E-state index contributed by atoms with van der Waals surface area (Å²) in [7, 11) is 0. The smallest absolute Gasteiger partial charge is 0.252 e. The lowest BCUT2D eigenvalue weighted by molar-refractivity contribution is 0.0955. The molecule has 1 aromatic rings. The van der Waals surface area contributed by atoms with Crippen LogP contribution in [0.1, 0.15) is 28.4 Å². The van der Waals surface area contributed by atoms with Gasteiger partial charge in [-0.2, -0.15) is 0 Å². The SMILES string of the molecule is CCNC(=O)c1ccc(C)cc1C#CCN. The van der Waals surface area contributed by atoms with Crippen molar-refractivity contribution in [3.05, 3.63) is 34.9 Å². The Hall–Kier alpha value is -1.79. The predicted molar refractivity (Wildman–Crippen MR) is 65.1 cm³/mol. The Morgan fingerprint density at radius 1 is 1.50 bits per heavy atom. The largest absolute Gasteiger partial charge is 0.352 e. The highest BCUT2D eigenvalue weighted by atomic mass is 16.1. The van der Waals surface area contributed by atoms with Crippen molar-refractivity contribution in [2.45, 2.75) is 13.8 Å². The first-order chi connectivity index (χ1) is 7.69. The zero-order chi connectivity index (χ0) is 12.0. The molecule has 84 valence electrons. The van der Waals surface area contributed by atoms with E-state index < -0.39 is 0 Å². The lowest BCUT2D eigenvalue weighted by Gasteiger charge is -2.05. The van der Waals surface area contributed by atoms with Crippen molar-refractivity contribution in [1.29, 1.82) is 0 Å². The topological polar surface area (TPSA) is 55.1 Å². The summed E-state index contributed by atoms with van der Waals surface area (Å²) in [5.41, 5.74) is 7.74. The second kappa shape index (κ2) is 5.94. The maximum Gasteiger partial charge on any atom is 0.252 e. The zero-order valence-corrected chi connectivity index (χ0v) is 9.63. The van der Waals surface area contributed by atoms with E-state index in [1.165, 1.54) is 0 Å². The van der Waals surface area contributed by atoms with Gasteiger partial charge in [0.25, 0.3) is 5.91 Å². The average Bonchev–Trinajstić information content (AvgIpc) is 2.26. The maximum absolute atomic E-state index is 11.7. The third kappa shape index (κ3) is 3.11. The second-order valence-electron chi connectivity index (χ2n) is 3.41. The Morgan fingerprint density at radius 3 is 2.88 bits per heavy atom. The molecule has 0 bridgehead atoms. The van der Waals surface area contributed by atoms with Gasteiger partial charge in [-0.15, -0.1) is 0 Å². The summed E-state index contributed by atoms with van der Waals surface area (Å²) >= 11 is 0. The van der Waals surface area contributed by atoms with Crippen LogP contribution in [0, 0.1) is 18.8 Å². The van der Waals surface area contributed by atoms with Crippen molar-refractivity contribution < 1.29 is 4.79 Å². The van der Waals surface area contributed by atoms with Crippen LogP contribution in [-0.2, 0) is 0 Å². The molecule has 0 aromatic heterocycles. The number of carbonyl (C=O) groups is 1. The van der Waals surface area contributed by atoms with Crippen molar-refractivity contribution in [2.75, 3.05) is 13.1 Å². The lowest BCUT2D eigenvalue weighted by atomic mass is 10.0. The first-order valence-corrected chi connectivity index (χ1v) is 5.26. The van der Waals surface area contributed by atoms with Crippen molar-refractivity contribution in [2.24, 2.45) is 5.73 Å². The monoisotopic (exact) mass is 216 g/mol. The van der Waals surface area contributed by atoms with Crippen LogP contribution >= 0.6 is 0 Å². The van der Waals surface area contributed by atoms with Crippen molar-refractivity contribution in [3.8, 4) is 11.8 Å². The molecule has 0 aliphatic rings. The molecule has 0 aliphatic carbocycles. The number of nitrogens with two attached hydrogens (primary N) is 1. The van der Waals surface area contributed by atoms with Crippen LogP contribution in [0.25, 0.3) is 0 Å². The van der Waals surface area contributed by atoms with E-state index in [0.717, 1.165) is 11.1 Å². The Kier molecular flexibility index (Phi) is 4.56. The standard InChI is InChI=1S/C13H16N2O/c1-3-15-13(16)12-7-6-10(2)9-11(12)5-4-8-14/h6-7,9H,3,8,14H2,1-2H3,(H,15,16). The quantitative estimate of drug-likeness (QED) is 0.726. The van der Waals surface area contributed by atoms with Gasteiger partial charge in [0.05, 0.1) is 12.1 Å². The minimum absolute atomic E-state index is 0.0937. The van der Waals surface area contributed by atoms with E-state index in [2.05, 4.69) is 17.2 Å². The highest BCUT2D eigenvalue weighted by Gasteiger charge is 2.08. The zero-order valence-electron chi connectivity index (χ0n) is 9.63. The highest BCUT2D eigenvalue weighted by molar-refractivity contribution is 5.96. The summed E-state index contributed by atoms with van der Waals surface area (Å²) in [4.78, 5) is 11.7. The number of rotatable bonds is 2. The maximum atomic E-state index is 11.7. The van der Waals surface area contributed by atoms with Gasteiger partial charge in [-0.1, -0.05) is 17.9 Å². The molecule has 3 heteroatoms. The molecule has 0 fully saturated rings. The van der Waals surface area contributed by atoms with Crippen molar-refractivity contribution >= 4 is 5.91 Å². The molecule has 16 heavy (non-hydrogen) atoms. The molecule has 3 nitrogen and oxygen atoms in total. The highest BCUT2D eigenvalue weighted by Crippen LogP contribution is 2.10. The molecule has 3 N–H and O–H groups in total. The van der Waals surface area contributed by atoms with Crippen LogP contribution in [0.3, 0.4) is 0 Å². The van der Waals surface area contributed by atoms with E-state index in [1.54, 1.807) is 6.07 Å². The van der Waals surface area contributed by atoms with Gasteiger partial charge in [-0.05, 0) is 31.5 Å². The van der Waals surface area contributed by atoms with Crippen LogP contribution in [-0.4, -0.2) is 19.0 Å². The van der Waals surface area contributed by atoms with Crippen LogP contribution in [0.4, 0.5) is 0 Å². The van der Waals surface area contributed by atoms with Crippen LogP contribution in [0.5, 0.6) is 0 Å². The predicted octanol–water partition coefficient (Wildman–Crippen LogP) is 1.05. The van der Waals surface area contributed by atoms with Gasteiger partial charge in [0.2, 0.25) is 0 Å². The van der Waals surface area contributed by atoms with Crippen LogP contribution < -0.4 is 11.1 Å². The number of hydrogen-bond donors (Lipinski definition) is 2. The lowest BCUT2D eigenvalue weighted by Crippen LogP contribution is -2.23. The first kappa shape index (κ1) is 12.3. The number of benzene rings is 1. The normalized spacial score (nSPS) is 9.19. The van der Waals surface area contributed by atoms with Gasteiger partial charge >= 0.3 is 0 Å². The van der Waals surface area contributed by atoms with Crippen molar-refractivity contribution in [3.63, 3.8) is 0 Å². The number of amides is 1. The van der Waals surface area contributed by atoms with Crippen LogP contribution in [0.15, 0.2) is 18.2 Å². The molecule has 0 unspecified atom stereocenters. The first-order valence-electron chi connectivity index (χ1n) is 5.26. The summed E-state index contributed by atoms with van der Waals surface area (Å²) in [6, 6.07) is 5.59. The van der Waals surface area contributed by atoms with Gasteiger partial charge in [0.15, 0.2) is 0 Å². The van der Waals surface area contributed by atoms with Gasteiger partial charge in [0.1, 0.15) is 0 Å². The molecule has 1 aromatic carbocycles. The van der Waals surface area contributed by atoms with E-state index in [0.29, 0.717) is 18.7 Å². The van der Waals surface area contributed by atoms with Gasteiger partial charge in [-0.3, -0.25) is 4.79 Å². The third-order valence-electron chi connectivity index (χ3n) is 2.08. The van der Waals surface area contributed by atoms with E-state index in [1.807, 2.05) is 26.0 Å². The Morgan fingerprint density at radius 2 is 2.25 bits per heavy atom. The number of hydrogen-bond acceptors (Lipinski definition) is 2. The molecule has 0 atom stereocenters. The average molecular weight is 216 g/mol. The van der Waals surface area contributed by atoms with E-state index in [-0.39, 0.29) is 5.91 Å². The van der Waals surface area contributed by atoms with Gasteiger partial charge in [-0.25, -0.2) is 0 Å². The summed E-state index contributed by atoms with van der Waals surface area (Å²) < 4.78 is 0. The summed E-state index contributed by atoms with van der Waals surface area (Å²) in [5.74, 6) is 5.59. The number of aryl methyl sites for hydroxylation is 1. The minimum atomic E-state index is -0.0937. The molecule has 0 spiro atoms. The molecular weight excluding hydrogens is 200 g/mol. The van der Waals surface area contributed by atoms with Crippen LogP contribution in [0.2, 0.25) is 0 Å². The molecule has 1 rings (SSSR count). The Bertz CT molecular complexity index is 441. The van der Waals surface area contributed by atoms with Gasteiger partial charge in [0, 0.05) is 12.1 Å². The minimum Gasteiger partial charge on any atom is -0.352 e. The molecule has 0 radical (unpaired) electrons. The number of carbonyl (C=O) groups excluding carboxylic acids is 1. The summed E-state index contributed by atoms with van der Waals surface area (Å²) in [6.45, 7) is 4.76. The fourth-order valence-electron chi connectivity index (χ4n) is 1.36. The molecule has 0 saturated heterocycles. The summed E-state index contributed by atoms with van der Waals surface area (Å²) in [5, 5.41) is 2.76. The Balaban J connectivity index is 3.12. The van der Waals surface area contributed by atoms with E-state index in [4.69, 9.17) is 5.73 Å². The van der Waals surface area contributed by atoms with E-state index in [9.17, 15) is 4.79 Å². The summed E-state index contributed by atoms with van der Waals surface area (Å²) in [6.07, 6.45) is 0. The fourth-order valence-corrected chi connectivity index (χ4v) is 1.36. The molecule has 1 amide bonds. The molecule has 0 saturated carbocycles. The second-order valence-corrected chi connectivity index (χ2v) is 3.41. The van der Waals surface area contributed by atoms with Gasteiger partial charge < -0.3 is 11.1 Å².